The van der Waals surface area contributed by atoms with Gasteiger partial charge in [-0.15, -0.1) is 23.7 Å². The fraction of sp³-hybridized carbons (Fsp3) is 0.353. The summed E-state index contributed by atoms with van der Waals surface area (Å²) in [6.45, 7) is 4.63. The zero-order chi connectivity index (χ0) is 16.7. The number of thiophene rings is 1. The van der Waals surface area contributed by atoms with Gasteiger partial charge in [-0.25, -0.2) is 4.39 Å². The Morgan fingerprint density at radius 3 is 2.58 bits per heavy atom. The lowest BCUT2D eigenvalue weighted by Gasteiger charge is -2.05. The Bertz CT molecular complexity index is 647. The van der Waals surface area contributed by atoms with Crippen molar-refractivity contribution in [3.05, 3.63) is 46.6 Å². The molecule has 0 atom stereocenters. The zero-order valence-corrected chi connectivity index (χ0v) is 15.4. The summed E-state index contributed by atoms with van der Waals surface area (Å²) in [5, 5.41) is 6.05. The molecular weight excluding hydrogens is 351 g/mol. The second kappa shape index (κ2) is 10.4. The maximum absolute atomic E-state index is 13.0. The van der Waals surface area contributed by atoms with Crippen molar-refractivity contribution >= 4 is 29.7 Å². The number of carbonyl (C=O) groups is 1. The quantitative estimate of drug-likeness (QED) is 0.699. The van der Waals surface area contributed by atoms with E-state index < -0.39 is 0 Å². The van der Waals surface area contributed by atoms with Crippen LogP contribution < -0.4 is 10.6 Å². The number of carbonyl (C=O) groups excluding carboxylic acids is 1. The Labute approximate surface area is 151 Å². The highest BCUT2D eigenvalue weighted by Crippen LogP contribution is 2.32. The van der Waals surface area contributed by atoms with Gasteiger partial charge in [0.15, 0.2) is 0 Å². The molecular formula is C17H22ClFN2O2S. The average Bonchev–Trinajstić information content (AvgIpc) is 2.93. The third-order valence-corrected chi connectivity index (χ3v) is 4.60. The molecule has 0 saturated carbocycles. The average molecular weight is 373 g/mol. The lowest BCUT2D eigenvalue weighted by molar-refractivity contribution is 0.0957. The molecule has 2 N–H and O–H groups in total. The number of amides is 1. The predicted octanol–water partition coefficient (Wildman–Crippen LogP) is 3.25. The third-order valence-electron chi connectivity index (χ3n) is 3.32. The number of rotatable bonds is 8. The fourth-order valence-electron chi connectivity index (χ4n) is 2.13. The molecule has 0 unspecified atom stereocenters. The van der Waals surface area contributed by atoms with Crippen molar-refractivity contribution in [1.29, 1.82) is 0 Å². The van der Waals surface area contributed by atoms with Crippen molar-refractivity contribution in [2.24, 2.45) is 0 Å². The van der Waals surface area contributed by atoms with E-state index in [1.165, 1.54) is 23.5 Å². The molecule has 0 fully saturated rings. The molecule has 132 valence electrons. The van der Waals surface area contributed by atoms with E-state index in [-0.39, 0.29) is 24.1 Å². The van der Waals surface area contributed by atoms with Gasteiger partial charge in [0.1, 0.15) is 5.82 Å². The van der Waals surface area contributed by atoms with E-state index in [0.717, 1.165) is 22.5 Å². The van der Waals surface area contributed by atoms with Crippen LogP contribution in [0.2, 0.25) is 0 Å². The van der Waals surface area contributed by atoms with Crippen molar-refractivity contribution < 1.29 is 13.9 Å². The van der Waals surface area contributed by atoms with Gasteiger partial charge >= 0.3 is 0 Å². The number of nitrogens with one attached hydrogen (secondary N) is 2. The first-order chi connectivity index (χ1) is 11.1. The number of methoxy groups -OCH3 is 1. The first-order valence-electron chi connectivity index (χ1n) is 7.46. The largest absolute Gasteiger partial charge is 0.383 e. The van der Waals surface area contributed by atoms with E-state index in [1.54, 1.807) is 19.2 Å². The highest BCUT2D eigenvalue weighted by atomic mass is 35.5. The Morgan fingerprint density at radius 1 is 1.21 bits per heavy atom. The highest BCUT2D eigenvalue weighted by molar-refractivity contribution is 7.17. The second-order valence-electron chi connectivity index (χ2n) is 5.13. The third kappa shape index (κ3) is 5.87. The second-order valence-corrected chi connectivity index (χ2v) is 6.18. The van der Waals surface area contributed by atoms with Crippen LogP contribution in [0.3, 0.4) is 0 Å². The van der Waals surface area contributed by atoms with Gasteiger partial charge in [-0.05, 0) is 36.2 Å². The molecule has 2 aromatic rings. The summed E-state index contributed by atoms with van der Waals surface area (Å²) in [7, 11) is 1.65. The van der Waals surface area contributed by atoms with E-state index in [9.17, 15) is 9.18 Å². The molecule has 0 bridgehead atoms. The molecule has 0 aliphatic heterocycles. The number of benzene rings is 1. The van der Waals surface area contributed by atoms with Crippen LogP contribution in [0.1, 0.15) is 15.2 Å². The van der Waals surface area contributed by atoms with Gasteiger partial charge in [-0.3, -0.25) is 4.79 Å². The Morgan fingerprint density at radius 2 is 1.92 bits per heavy atom. The van der Waals surface area contributed by atoms with Crippen molar-refractivity contribution in [2.45, 2.75) is 6.92 Å². The van der Waals surface area contributed by atoms with Gasteiger partial charge in [0.05, 0.1) is 11.5 Å². The molecule has 0 aliphatic rings. The smallest absolute Gasteiger partial charge is 0.261 e. The molecule has 0 radical (unpaired) electrons. The van der Waals surface area contributed by atoms with Crippen LogP contribution >= 0.6 is 23.7 Å². The normalized spacial score (nSPS) is 10.3. The summed E-state index contributed by atoms with van der Waals surface area (Å²) in [5.41, 5.74) is 1.94. The number of hydrogen-bond donors (Lipinski definition) is 2. The lowest BCUT2D eigenvalue weighted by Crippen LogP contribution is -2.32. The molecule has 1 aromatic heterocycles. The molecule has 1 amide bonds. The Balaban J connectivity index is 0.00000288. The standard InChI is InChI=1S/C17H21FN2O2S.ClH/c1-12-11-15(17(21)20-8-7-19-9-10-22-2)23-16(12)13-3-5-14(18)6-4-13;/h3-6,11,19H,7-10H2,1-2H3,(H,20,21);1H. The topological polar surface area (TPSA) is 50.4 Å². The van der Waals surface area contributed by atoms with Gasteiger partial charge in [0, 0.05) is 31.6 Å². The van der Waals surface area contributed by atoms with Crippen LogP contribution in [0, 0.1) is 12.7 Å². The minimum Gasteiger partial charge on any atom is -0.383 e. The summed E-state index contributed by atoms with van der Waals surface area (Å²) < 4.78 is 17.9. The first kappa shape index (κ1) is 20.6. The predicted molar refractivity (Wildman–Crippen MR) is 98.8 cm³/mol. The van der Waals surface area contributed by atoms with Crippen LogP contribution in [0.4, 0.5) is 4.39 Å². The van der Waals surface area contributed by atoms with Crippen LogP contribution in [0.25, 0.3) is 10.4 Å². The van der Waals surface area contributed by atoms with E-state index in [4.69, 9.17) is 4.74 Å². The molecule has 7 heteroatoms. The fourth-order valence-corrected chi connectivity index (χ4v) is 3.23. The summed E-state index contributed by atoms with van der Waals surface area (Å²) in [5.74, 6) is -0.345. The molecule has 1 heterocycles. The number of ether oxygens (including phenoxy) is 1. The van der Waals surface area contributed by atoms with Crippen LogP contribution in [-0.4, -0.2) is 39.3 Å². The van der Waals surface area contributed by atoms with Crippen molar-refractivity contribution in [3.8, 4) is 10.4 Å². The minimum absolute atomic E-state index is 0. The zero-order valence-electron chi connectivity index (χ0n) is 13.7. The van der Waals surface area contributed by atoms with E-state index >= 15 is 0 Å². The molecule has 0 spiro atoms. The highest BCUT2D eigenvalue weighted by Gasteiger charge is 2.13. The molecule has 4 nitrogen and oxygen atoms in total. The number of hydrogen-bond acceptors (Lipinski definition) is 4. The van der Waals surface area contributed by atoms with Crippen molar-refractivity contribution in [3.63, 3.8) is 0 Å². The Hall–Kier alpha value is -1.47. The summed E-state index contributed by atoms with van der Waals surface area (Å²) in [4.78, 5) is 13.8. The molecule has 2 rings (SSSR count). The molecule has 1 aromatic carbocycles. The maximum Gasteiger partial charge on any atom is 0.261 e. The number of aryl methyl sites for hydroxylation is 1. The van der Waals surface area contributed by atoms with Gasteiger partial charge < -0.3 is 15.4 Å². The summed E-state index contributed by atoms with van der Waals surface area (Å²) in [6.07, 6.45) is 0. The minimum atomic E-state index is -0.262. The van der Waals surface area contributed by atoms with Crippen molar-refractivity contribution in [1.82, 2.24) is 10.6 Å². The van der Waals surface area contributed by atoms with Crippen molar-refractivity contribution in [2.75, 3.05) is 33.4 Å². The molecule has 24 heavy (non-hydrogen) atoms. The molecule has 0 saturated heterocycles. The summed E-state index contributed by atoms with van der Waals surface area (Å²) in [6, 6.07) is 8.20. The van der Waals surface area contributed by atoms with Gasteiger partial charge in [-0.1, -0.05) is 12.1 Å². The monoisotopic (exact) mass is 372 g/mol. The van der Waals surface area contributed by atoms with Gasteiger partial charge in [-0.2, -0.15) is 0 Å². The van der Waals surface area contributed by atoms with E-state index in [1.807, 2.05) is 13.0 Å². The van der Waals surface area contributed by atoms with Gasteiger partial charge in [0.25, 0.3) is 5.91 Å². The number of halogens is 2. The van der Waals surface area contributed by atoms with Crippen LogP contribution in [0.15, 0.2) is 30.3 Å². The lowest BCUT2D eigenvalue weighted by atomic mass is 10.1. The SMILES string of the molecule is COCCNCCNC(=O)c1cc(C)c(-c2ccc(F)cc2)s1.Cl. The maximum atomic E-state index is 13.0. The first-order valence-corrected chi connectivity index (χ1v) is 8.27. The van der Waals surface area contributed by atoms with E-state index in [0.29, 0.717) is 24.6 Å². The van der Waals surface area contributed by atoms with Crippen LogP contribution in [-0.2, 0) is 4.74 Å². The van der Waals surface area contributed by atoms with E-state index in [2.05, 4.69) is 10.6 Å². The van der Waals surface area contributed by atoms with Crippen LogP contribution in [0.5, 0.6) is 0 Å². The van der Waals surface area contributed by atoms with Gasteiger partial charge in [0.2, 0.25) is 0 Å². The molecule has 0 aliphatic carbocycles. The summed E-state index contributed by atoms with van der Waals surface area (Å²) >= 11 is 1.42. The Kier molecular flexibility index (Phi) is 8.92.